The third kappa shape index (κ3) is 4.13. The van der Waals surface area contributed by atoms with Crippen LogP contribution in [0.25, 0.3) is 0 Å². The van der Waals surface area contributed by atoms with E-state index in [-0.39, 0.29) is 11.5 Å². The summed E-state index contributed by atoms with van der Waals surface area (Å²) in [6, 6.07) is 4.91. The van der Waals surface area contributed by atoms with Crippen molar-refractivity contribution < 1.29 is 28.3 Å². The Bertz CT molecular complexity index is 1040. The van der Waals surface area contributed by atoms with Crippen LogP contribution in [0.2, 0.25) is 0 Å². The molecule has 1 unspecified atom stereocenters. The van der Waals surface area contributed by atoms with Crippen molar-refractivity contribution in [3.8, 4) is 0 Å². The second kappa shape index (κ2) is 8.17. The van der Waals surface area contributed by atoms with Crippen LogP contribution in [0.4, 0.5) is 0 Å². The number of aromatic amines is 1. The first-order chi connectivity index (χ1) is 13.8. The molecule has 3 rings (SSSR count). The highest BCUT2D eigenvalue weighted by molar-refractivity contribution is 6.04. The Morgan fingerprint density at radius 3 is 2.66 bits per heavy atom. The van der Waals surface area contributed by atoms with Crippen LogP contribution < -0.4 is 0 Å². The van der Waals surface area contributed by atoms with E-state index >= 15 is 0 Å². The second-order valence-corrected chi connectivity index (χ2v) is 6.50. The van der Waals surface area contributed by atoms with E-state index in [0.29, 0.717) is 29.1 Å². The van der Waals surface area contributed by atoms with Gasteiger partial charge in [0.2, 0.25) is 11.5 Å². The number of hydrogen-bond donors (Lipinski definition) is 1. The van der Waals surface area contributed by atoms with Crippen LogP contribution in [0.15, 0.2) is 35.0 Å². The lowest BCUT2D eigenvalue weighted by Crippen LogP contribution is -2.25. The van der Waals surface area contributed by atoms with E-state index in [0.717, 1.165) is 0 Å². The number of ether oxygens (including phenoxy) is 2. The predicted molar refractivity (Wildman–Crippen MR) is 101 cm³/mol. The highest BCUT2D eigenvalue weighted by Crippen LogP contribution is 2.21. The molecule has 9 nitrogen and oxygen atoms in total. The van der Waals surface area contributed by atoms with Crippen molar-refractivity contribution in [1.29, 1.82) is 0 Å². The first-order valence-electron chi connectivity index (χ1n) is 8.90. The van der Waals surface area contributed by atoms with Gasteiger partial charge in [-0.2, -0.15) is 5.10 Å². The molecule has 0 aliphatic heterocycles. The molecule has 1 atom stereocenters. The number of rotatable bonds is 7. The minimum Gasteiger partial charge on any atom is -0.465 e. The number of H-pyrrole nitrogens is 1. The van der Waals surface area contributed by atoms with Crippen molar-refractivity contribution in [3.63, 3.8) is 0 Å². The molecule has 3 aromatic rings. The maximum atomic E-state index is 12.7. The van der Waals surface area contributed by atoms with Gasteiger partial charge in [0.15, 0.2) is 6.10 Å². The van der Waals surface area contributed by atoms with Crippen LogP contribution in [0, 0.1) is 13.8 Å². The first kappa shape index (κ1) is 20.1. The highest BCUT2D eigenvalue weighted by Gasteiger charge is 2.28. The fraction of sp³-hybridized carbons (Fsp3) is 0.300. The number of carbonyl (C=O) groups is 3. The van der Waals surface area contributed by atoms with Crippen LogP contribution in [-0.4, -0.2) is 45.7 Å². The van der Waals surface area contributed by atoms with Crippen molar-refractivity contribution in [2.45, 2.75) is 33.4 Å². The van der Waals surface area contributed by atoms with Crippen molar-refractivity contribution in [2.75, 3.05) is 7.11 Å². The van der Waals surface area contributed by atoms with Crippen LogP contribution in [0.3, 0.4) is 0 Å². The van der Waals surface area contributed by atoms with E-state index in [2.05, 4.69) is 10.1 Å². The number of carbonyl (C=O) groups excluding carboxylic acids is 3. The minimum atomic E-state index is -1.08. The number of nitrogens with zero attached hydrogens (tertiary/aromatic N) is 2. The number of esters is 2. The van der Waals surface area contributed by atoms with E-state index in [1.165, 1.54) is 20.1 Å². The standard InChI is InChI=1S/C20H21N3O6/c1-11-16(20(26)27-4)12(2)22-17(11)18(24)13(3)28-19(25)15-7-6-14(29-15)10-23-9-5-8-21-23/h5-9,13,22H,10H2,1-4H3. The predicted octanol–water partition coefficient (Wildman–Crippen LogP) is 2.68. The van der Waals surface area contributed by atoms with E-state index in [1.54, 1.807) is 43.1 Å². The van der Waals surface area contributed by atoms with Crippen LogP contribution in [0.5, 0.6) is 0 Å². The molecule has 0 saturated carbocycles. The second-order valence-electron chi connectivity index (χ2n) is 6.50. The number of ketones is 1. The number of hydrogen-bond acceptors (Lipinski definition) is 7. The van der Waals surface area contributed by atoms with Gasteiger partial charge in [0.1, 0.15) is 5.76 Å². The third-order valence-corrected chi connectivity index (χ3v) is 4.47. The van der Waals surface area contributed by atoms with Gasteiger partial charge >= 0.3 is 11.9 Å². The Balaban J connectivity index is 1.69. The normalized spacial score (nSPS) is 11.9. The van der Waals surface area contributed by atoms with Gasteiger partial charge < -0.3 is 18.9 Å². The summed E-state index contributed by atoms with van der Waals surface area (Å²) in [5, 5.41) is 4.07. The molecule has 3 aromatic heterocycles. The van der Waals surface area contributed by atoms with Gasteiger partial charge in [-0.05, 0) is 44.5 Å². The molecule has 3 heterocycles. The summed E-state index contributed by atoms with van der Waals surface area (Å²) in [6.07, 6.45) is 2.33. The van der Waals surface area contributed by atoms with Gasteiger partial charge in [-0.15, -0.1) is 0 Å². The molecule has 0 radical (unpaired) electrons. The summed E-state index contributed by atoms with van der Waals surface area (Å²) in [6.45, 7) is 5.12. The van der Waals surface area contributed by atoms with E-state index < -0.39 is 23.8 Å². The smallest absolute Gasteiger partial charge is 0.374 e. The molecule has 1 N–H and O–H groups in total. The molecular formula is C20H21N3O6. The van der Waals surface area contributed by atoms with Crippen LogP contribution in [-0.2, 0) is 16.0 Å². The maximum absolute atomic E-state index is 12.7. The quantitative estimate of drug-likeness (QED) is 0.479. The Hall–Kier alpha value is -3.62. The molecule has 9 heteroatoms. The van der Waals surface area contributed by atoms with Gasteiger partial charge in [-0.1, -0.05) is 0 Å². The fourth-order valence-corrected chi connectivity index (χ4v) is 3.01. The van der Waals surface area contributed by atoms with E-state index in [9.17, 15) is 14.4 Å². The Morgan fingerprint density at radius 1 is 1.24 bits per heavy atom. The summed E-state index contributed by atoms with van der Waals surface area (Å²) >= 11 is 0. The van der Waals surface area contributed by atoms with Crippen molar-refractivity contribution in [1.82, 2.24) is 14.8 Å². The zero-order valence-corrected chi connectivity index (χ0v) is 16.5. The zero-order chi connectivity index (χ0) is 21.1. The summed E-state index contributed by atoms with van der Waals surface area (Å²) in [7, 11) is 1.27. The Labute approximate surface area is 166 Å². The van der Waals surface area contributed by atoms with Gasteiger partial charge in [-0.25, -0.2) is 9.59 Å². The fourth-order valence-electron chi connectivity index (χ4n) is 3.01. The maximum Gasteiger partial charge on any atom is 0.374 e. The van der Waals surface area contributed by atoms with Gasteiger partial charge in [-0.3, -0.25) is 9.48 Å². The van der Waals surface area contributed by atoms with E-state index in [1.807, 2.05) is 0 Å². The lowest BCUT2D eigenvalue weighted by atomic mass is 10.1. The van der Waals surface area contributed by atoms with Gasteiger partial charge in [0.05, 0.1) is 24.9 Å². The van der Waals surface area contributed by atoms with Crippen molar-refractivity contribution >= 4 is 17.7 Å². The largest absolute Gasteiger partial charge is 0.465 e. The van der Waals surface area contributed by atoms with E-state index in [4.69, 9.17) is 13.9 Å². The lowest BCUT2D eigenvalue weighted by molar-refractivity contribution is 0.0285. The third-order valence-electron chi connectivity index (χ3n) is 4.47. The highest BCUT2D eigenvalue weighted by atomic mass is 16.6. The molecule has 0 spiro atoms. The minimum absolute atomic E-state index is 0.0126. The zero-order valence-electron chi connectivity index (χ0n) is 16.5. The lowest BCUT2D eigenvalue weighted by Gasteiger charge is -2.11. The van der Waals surface area contributed by atoms with Crippen molar-refractivity contribution in [3.05, 3.63) is 64.6 Å². The average molecular weight is 399 g/mol. The molecule has 0 aliphatic carbocycles. The number of aromatic nitrogens is 3. The molecule has 0 aromatic carbocycles. The van der Waals surface area contributed by atoms with Crippen LogP contribution in [0.1, 0.15) is 55.3 Å². The topological polar surface area (TPSA) is 116 Å². The summed E-state index contributed by atoms with van der Waals surface area (Å²) in [4.78, 5) is 39.8. The average Bonchev–Trinajstić information content (AvgIpc) is 3.42. The molecule has 29 heavy (non-hydrogen) atoms. The number of aryl methyl sites for hydroxylation is 1. The molecule has 0 fully saturated rings. The van der Waals surface area contributed by atoms with Gasteiger partial charge in [0, 0.05) is 18.1 Å². The summed E-state index contributed by atoms with van der Waals surface area (Å²) in [5.41, 5.74) is 1.44. The van der Waals surface area contributed by atoms with Crippen LogP contribution >= 0.6 is 0 Å². The molecule has 0 amide bonds. The number of nitrogens with one attached hydrogen (secondary N) is 1. The van der Waals surface area contributed by atoms with Crippen molar-refractivity contribution in [2.24, 2.45) is 0 Å². The number of furan rings is 1. The monoisotopic (exact) mass is 399 g/mol. The number of Topliss-reactive ketones (excluding diaryl/α,β-unsaturated/α-hetero) is 1. The first-order valence-corrected chi connectivity index (χ1v) is 8.90. The Kier molecular flexibility index (Phi) is 5.67. The van der Waals surface area contributed by atoms with Gasteiger partial charge in [0.25, 0.3) is 0 Å². The molecule has 0 bridgehead atoms. The molecular weight excluding hydrogens is 378 g/mol. The number of methoxy groups -OCH3 is 1. The molecule has 152 valence electrons. The molecule has 0 aliphatic rings. The molecule has 0 saturated heterocycles. The SMILES string of the molecule is COC(=O)c1c(C)[nH]c(C(=O)C(C)OC(=O)c2ccc(Cn3cccn3)o2)c1C. The Morgan fingerprint density at radius 2 is 2.00 bits per heavy atom. The summed E-state index contributed by atoms with van der Waals surface area (Å²) < 4.78 is 17.1. The summed E-state index contributed by atoms with van der Waals surface area (Å²) in [5.74, 6) is -1.25.